The van der Waals surface area contributed by atoms with Gasteiger partial charge in [-0.05, 0) is 43.5 Å². The number of hydrogen-bond donors (Lipinski definition) is 1. The highest BCUT2D eigenvalue weighted by Gasteiger charge is 1.97. The molecule has 54 valence electrons. The van der Waals surface area contributed by atoms with Crippen LogP contribution in [0.2, 0.25) is 0 Å². The summed E-state index contributed by atoms with van der Waals surface area (Å²) in [6, 6.07) is 3.80. The zero-order valence-electron chi connectivity index (χ0n) is 5.14. The molecule has 1 rings (SSSR count). The third kappa shape index (κ3) is 1.78. The Balaban J connectivity index is 3.07. The molecule has 0 amide bonds. The lowest BCUT2D eigenvalue weighted by atomic mass is 10.3. The average molecular weight is 266 g/mol. The highest BCUT2D eigenvalue weighted by atomic mass is 79.9. The van der Waals surface area contributed by atoms with E-state index in [4.69, 9.17) is 5.73 Å². The van der Waals surface area contributed by atoms with Gasteiger partial charge < -0.3 is 5.73 Å². The first kappa shape index (κ1) is 8.17. The second-order valence-corrected chi connectivity index (χ2v) is 3.35. The minimum Gasteiger partial charge on any atom is -0.326 e. The largest absolute Gasteiger partial charge is 0.326 e. The smallest absolute Gasteiger partial charge is 0.111 e. The van der Waals surface area contributed by atoms with Gasteiger partial charge in [0.2, 0.25) is 0 Å². The van der Waals surface area contributed by atoms with Gasteiger partial charge in [-0.3, -0.25) is 0 Å². The molecule has 0 saturated carbocycles. The van der Waals surface area contributed by atoms with Gasteiger partial charge in [-0.2, -0.15) is 0 Å². The summed E-state index contributed by atoms with van der Waals surface area (Å²) >= 11 is 6.53. The van der Waals surface area contributed by atoms with Gasteiger partial charge >= 0.3 is 0 Å². The standard InChI is InChI=1S/C6H6Br2N2/c7-5-2-1-4(3-9)6(8)10-5/h1-2H,3,9H2. The quantitative estimate of drug-likeness (QED) is 0.790. The van der Waals surface area contributed by atoms with Crippen LogP contribution in [0.1, 0.15) is 5.56 Å². The first-order valence-electron chi connectivity index (χ1n) is 2.75. The molecule has 0 unspecified atom stereocenters. The zero-order valence-corrected chi connectivity index (χ0v) is 8.31. The Kier molecular flexibility index (Phi) is 2.82. The van der Waals surface area contributed by atoms with Crippen molar-refractivity contribution in [1.29, 1.82) is 0 Å². The number of nitrogens with two attached hydrogens (primary N) is 1. The second-order valence-electron chi connectivity index (χ2n) is 1.79. The Morgan fingerprint density at radius 2 is 2.10 bits per heavy atom. The molecule has 0 spiro atoms. The molecule has 2 N–H and O–H groups in total. The van der Waals surface area contributed by atoms with Crippen molar-refractivity contribution in [2.45, 2.75) is 6.54 Å². The van der Waals surface area contributed by atoms with E-state index in [0.717, 1.165) is 14.8 Å². The minimum atomic E-state index is 0.515. The van der Waals surface area contributed by atoms with E-state index in [1.807, 2.05) is 12.1 Å². The Morgan fingerprint density at radius 3 is 2.60 bits per heavy atom. The summed E-state index contributed by atoms with van der Waals surface area (Å²) in [5.74, 6) is 0. The molecule has 0 bridgehead atoms. The van der Waals surface area contributed by atoms with Gasteiger partial charge in [0.1, 0.15) is 9.21 Å². The van der Waals surface area contributed by atoms with E-state index in [9.17, 15) is 0 Å². The van der Waals surface area contributed by atoms with Crippen LogP contribution in [0.5, 0.6) is 0 Å². The topological polar surface area (TPSA) is 38.9 Å². The van der Waals surface area contributed by atoms with Crippen molar-refractivity contribution in [2.24, 2.45) is 5.73 Å². The molecule has 1 heterocycles. The van der Waals surface area contributed by atoms with E-state index in [2.05, 4.69) is 36.8 Å². The van der Waals surface area contributed by atoms with Crippen molar-refractivity contribution in [3.8, 4) is 0 Å². The van der Waals surface area contributed by atoms with E-state index in [1.165, 1.54) is 0 Å². The van der Waals surface area contributed by atoms with Crippen molar-refractivity contribution in [1.82, 2.24) is 4.98 Å². The highest BCUT2D eigenvalue weighted by molar-refractivity contribution is 9.11. The third-order valence-corrected chi connectivity index (χ3v) is 2.24. The molecule has 0 aliphatic heterocycles. The molecule has 1 aromatic rings. The first-order chi connectivity index (χ1) is 4.74. The van der Waals surface area contributed by atoms with E-state index < -0.39 is 0 Å². The van der Waals surface area contributed by atoms with Gasteiger partial charge in [0.25, 0.3) is 0 Å². The second kappa shape index (κ2) is 3.46. The van der Waals surface area contributed by atoms with Crippen LogP contribution >= 0.6 is 31.9 Å². The Morgan fingerprint density at radius 1 is 1.40 bits per heavy atom. The van der Waals surface area contributed by atoms with Gasteiger partial charge in [-0.1, -0.05) is 6.07 Å². The number of halogens is 2. The molecular formula is C6H6Br2N2. The van der Waals surface area contributed by atoms with E-state index >= 15 is 0 Å². The van der Waals surface area contributed by atoms with E-state index in [-0.39, 0.29) is 0 Å². The van der Waals surface area contributed by atoms with Crippen LogP contribution in [-0.4, -0.2) is 4.98 Å². The van der Waals surface area contributed by atoms with Crippen molar-refractivity contribution in [3.63, 3.8) is 0 Å². The summed E-state index contributed by atoms with van der Waals surface area (Å²) in [5, 5.41) is 0. The van der Waals surface area contributed by atoms with Crippen molar-refractivity contribution >= 4 is 31.9 Å². The molecule has 2 nitrogen and oxygen atoms in total. The molecule has 10 heavy (non-hydrogen) atoms. The summed E-state index contributed by atoms with van der Waals surface area (Å²) in [6.45, 7) is 0.515. The lowest BCUT2D eigenvalue weighted by Crippen LogP contribution is -1.98. The summed E-state index contributed by atoms with van der Waals surface area (Å²) in [4.78, 5) is 4.10. The fourth-order valence-corrected chi connectivity index (χ4v) is 1.63. The molecule has 0 fully saturated rings. The van der Waals surface area contributed by atoms with Crippen molar-refractivity contribution in [3.05, 3.63) is 26.9 Å². The van der Waals surface area contributed by atoms with Crippen LogP contribution in [-0.2, 0) is 6.54 Å². The van der Waals surface area contributed by atoms with Crippen LogP contribution in [0.3, 0.4) is 0 Å². The summed E-state index contributed by atoms with van der Waals surface area (Å²) in [7, 11) is 0. The van der Waals surface area contributed by atoms with Crippen LogP contribution in [0.4, 0.5) is 0 Å². The molecular weight excluding hydrogens is 260 g/mol. The van der Waals surface area contributed by atoms with Gasteiger partial charge in [-0.15, -0.1) is 0 Å². The zero-order chi connectivity index (χ0) is 7.56. The fraction of sp³-hybridized carbons (Fsp3) is 0.167. The van der Waals surface area contributed by atoms with Crippen molar-refractivity contribution < 1.29 is 0 Å². The lowest BCUT2D eigenvalue weighted by Gasteiger charge is -1.98. The summed E-state index contributed by atoms with van der Waals surface area (Å²) in [5.41, 5.74) is 6.43. The van der Waals surface area contributed by atoms with Crippen LogP contribution < -0.4 is 5.73 Å². The maximum absolute atomic E-state index is 5.42. The average Bonchev–Trinajstić information content (AvgIpc) is 1.88. The predicted molar refractivity (Wildman–Crippen MR) is 47.5 cm³/mol. The fourth-order valence-electron chi connectivity index (χ4n) is 0.593. The minimum absolute atomic E-state index is 0.515. The summed E-state index contributed by atoms with van der Waals surface area (Å²) < 4.78 is 1.63. The maximum atomic E-state index is 5.42. The molecule has 0 aliphatic rings. The highest BCUT2D eigenvalue weighted by Crippen LogP contribution is 2.16. The maximum Gasteiger partial charge on any atom is 0.111 e. The molecule has 0 radical (unpaired) electrons. The third-order valence-electron chi connectivity index (χ3n) is 1.11. The Bertz CT molecular complexity index is 237. The number of hydrogen-bond acceptors (Lipinski definition) is 2. The van der Waals surface area contributed by atoms with Crippen LogP contribution in [0.15, 0.2) is 21.3 Å². The predicted octanol–water partition coefficient (Wildman–Crippen LogP) is 2.07. The molecule has 0 aliphatic carbocycles. The number of aromatic nitrogens is 1. The van der Waals surface area contributed by atoms with Gasteiger partial charge in [0.05, 0.1) is 0 Å². The lowest BCUT2D eigenvalue weighted by molar-refractivity contribution is 1.02. The summed E-state index contributed by atoms with van der Waals surface area (Å²) in [6.07, 6.45) is 0. The van der Waals surface area contributed by atoms with Gasteiger partial charge in [-0.25, -0.2) is 4.98 Å². The normalized spacial score (nSPS) is 9.90. The monoisotopic (exact) mass is 264 g/mol. The molecule has 1 aromatic heterocycles. The molecule has 0 aromatic carbocycles. The number of pyridine rings is 1. The molecule has 4 heteroatoms. The van der Waals surface area contributed by atoms with Crippen molar-refractivity contribution in [2.75, 3.05) is 0 Å². The number of rotatable bonds is 1. The molecule has 0 saturated heterocycles. The van der Waals surface area contributed by atoms with Gasteiger partial charge in [0, 0.05) is 6.54 Å². The Hall–Kier alpha value is 0.0700. The number of nitrogens with zero attached hydrogens (tertiary/aromatic N) is 1. The molecule has 0 atom stereocenters. The van der Waals surface area contributed by atoms with Crippen LogP contribution in [0, 0.1) is 0 Å². The van der Waals surface area contributed by atoms with E-state index in [0.29, 0.717) is 6.54 Å². The Labute approximate surface area is 76.1 Å². The van der Waals surface area contributed by atoms with Crippen LogP contribution in [0.25, 0.3) is 0 Å². The first-order valence-corrected chi connectivity index (χ1v) is 4.33. The SMILES string of the molecule is NCc1ccc(Br)nc1Br. The van der Waals surface area contributed by atoms with Gasteiger partial charge in [0.15, 0.2) is 0 Å². The van der Waals surface area contributed by atoms with E-state index in [1.54, 1.807) is 0 Å².